The van der Waals surface area contributed by atoms with Crippen molar-refractivity contribution in [2.24, 2.45) is 0 Å². The molecule has 198 valence electrons. The molecule has 0 saturated carbocycles. The quantitative estimate of drug-likeness (QED) is 0.125. The third-order valence-electron chi connectivity index (χ3n) is 6.55. The van der Waals surface area contributed by atoms with Crippen molar-refractivity contribution in [1.29, 1.82) is 0 Å². The van der Waals surface area contributed by atoms with E-state index in [9.17, 15) is 14.7 Å². The van der Waals surface area contributed by atoms with Gasteiger partial charge in [-0.05, 0) is 65.7 Å². The maximum absolute atomic E-state index is 13.5. The molecule has 0 bridgehead atoms. The summed E-state index contributed by atoms with van der Waals surface area (Å²) in [6, 6.07) is 27.6. The molecule has 0 radical (unpaired) electrons. The average Bonchev–Trinajstić information content (AvgIpc) is 3.50. The number of nitrogens with zero attached hydrogens (tertiary/aromatic N) is 2. The Hall–Kier alpha value is -4.17. The molecule has 1 amide bonds. The van der Waals surface area contributed by atoms with E-state index >= 15 is 0 Å². The van der Waals surface area contributed by atoms with Crippen LogP contribution in [0.2, 0.25) is 10.0 Å². The van der Waals surface area contributed by atoms with Crippen molar-refractivity contribution in [1.82, 2.24) is 4.98 Å². The summed E-state index contributed by atoms with van der Waals surface area (Å²) in [7, 11) is 0. The second-order valence-electron chi connectivity index (χ2n) is 9.13. The number of benzene rings is 4. The van der Waals surface area contributed by atoms with Gasteiger partial charge in [-0.15, -0.1) is 0 Å². The van der Waals surface area contributed by atoms with Gasteiger partial charge in [-0.2, -0.15) is 0 Å². The van der Waals surface area contributed by atoms with Crippen LogP contribution in [0.4, 0.5) is 5.13 Å². The number of amides is 1. The third kappa shape index (κ3) is 4.95. The number of aliphatic hydroxyl groups excluding tert-OH is 1. The summed E-state index contributed by atoms with van der Waals surface area (Å²) < 4.78 is 6.69. The summed E-state index contributed by atoms with van der Waals surface area (Å²) in [5.74, 6) is -1.26. The first-order valence-electron chi connectivity index (χ1n) is 12.3. The Bertz CT molecular complexity index is 1770. The van der Waals surface area contributed by atoms with Crippen LogP contribution in [-0.4, -0.2) is 21.8 Å². The van der Waals surface area contributed by atoms with Crippen molar-refractivity contribution in [3.8, 4) is 5.75 Å². The number of aromatic nitrogens is 1. The molecular formula is C31H20Cl2N2O4S. The molecule has 0 aliphatic carbocycles. The number of rotatable bonds is 6. The van der Waals surface area contributed by atoms with Crippen molar-refractivity contribution in [3.05, 3.63) is 129 Å². The molecule has 5 aromatic rings. The number of fused-ring (bicyclic) bond motifs is 1. The van der Waals surface area contributed by atoms with Crippen molar-refractivity contribution in [2.45, 2.75) is 12.6 Å². The first-order chi connectivity index (χ1) is 19.4. The summed E-state index contributed by atoms with van der Waals surface area (Å²) in [4.78, 5) is 32.9. The smallest absolute Gasteiger partial charge is 0.301 e. The van der Waals surface area contributed by atoms with Crippen LogP contribution in [0.3, 0.4) is 0 Å². The van der Waals surface area contributed by atoms with Crippen LogP contribution >= 0.6 is 34.5 Å². The molecule has 2 heterocycles. The van der Waals surface area contributed by atoms with Gasteiger partial charge in [0.25, 0.3) is 5.78 Å². The summed E-state index contributed by atoms with van der Waals surface area (Å²) in [6.07, 6.45) is 0. The van der Waals surface area contributed by atoms with Gasteiger partial charge in [-0.1, -0.05) is 77.0 Å². The normalized spacial score (nSPS) is 16.6. The standard InChI is InChI=1S/C31H20Cl2N2O4S/c32-21-10-6-20(7-11-21)28(36)26-27(19-8-13-23(14-9-19)39-17-18-4-2-1-3-5-18)35(30(38)29(26)37)31-34-24-15-12-22(33)16-25(24)40-31/h1-16,27,36H,17H2. The van der Waals surface area contributed by atoms with E-state index in [1.165, 1.54) is 16.2 Å². The van der Waals surface area contributed by atoms with E-state index in [1.54, 1.807) is 66.7 Å². The van der Waals surface area contributed by atoms with Gasteiger partial charge in [-0.25, -0.2) is 4.98 Å². The van der Waals surface area contributed by atoms with Crippen LogP contribution in [-0.2, 0) is 16.2 Å². The van der Waals surface area contributed by atoms with Crippen molar-refractivity contribution in [2.75, 3.05) is 4.90 Å². The Morgan fingerprint density at radius 3 is 2.33 bits per heavy atom. The molecule has 1 unspecified atom stereocenters. The van der Waals surface area contributed by atoms with Crippen LogP contribution in [0.15, 0.2) is 103 Å². The summed E-state index contributed by atoms with van der Waals surface area (Å²) in [6.45, 7) is 0.392. The van der Waals surface area contributed by atoms with Crippen molar-refractivity contribution < 1.29 is 19.4 Å². The van der Waals surface area contributed by atoms with Crippen LogP contribution in [0.25, 0.3) is 16.0 Å². The van der Waals surface area contributed by atoms with Crippen LogP contribution < -0.4 is 9.64 Å². The third-order valence-corrected chi connectivity index (χ3v) is 8.06. The van der Waals surface area contributed by atoms with Gasteiger partial charge in [0, 0.05) is 15.6 Å². The molecular weight excluding hydrogens is 567 g/mol. The highest BCUT2D eigenvalue weighted by atomic mass is 35.5. The minimum Gasteiger partial charge on any atom is -0.507 e. The second-order valence-corrected chi connectivity index (χ2v) is 11.0. The highest BCUT2D eigenvalue weighted by molar-refractivity contribution is 7.22. The molecule has 0 spiro atoms. The number of thiazole rings is 1. The maximum atomic E-state index is 13.5. The van der Waals surface area contributed by atoms with E-state index in [0.717, 1.165) is 10.3 Å². The first-order valence-corrected chi connectivity index (χ1v) is 13.9. The number of aliphatic hydroxyl groups is 1. The van der Waals surface area contributed by atoms with Crippen molar-refractivity contribution in [3.63, 3.8) is 0 Å². The lowest BCUT2D eigenvalue weighted by Gasteiger charge is -2.23. The number of halogens is 2. The topological polar surface area (TPSA) is 79.7 Å². The Kier molecular flexibility index (Phi) is 7.02. The molecule has 9 heteroatoms. The maximum Gasteiger partial charge on any atom is 0.301 e. The highest BCUT2D eigenvalue weighted by Crippen LogP contribution is 2.44. The van der Waals surface area contributed by atoms with Gasteiger partial charge in [0.15, 0.2) is 5.13 Å². The Morgan fingerprint density at radius 2 is 1.60 bits per heavy atom. The molecule has 6 rings (SSSR count). The van der Waals surface area contributed by atoms with E-state index in [0.29, 0.717) is 44.2 Å². The molecule has 1 fully saturated rings. The fourth-order valence-electron chi connectivity index (χ4n) is 4.59. The lowest BCUT2D eigenvalue weighted by atomic mass is 9.95. The van der Waals surface area contributed by atoms with Gasteiger partial charge < -0.3 is 9.84 Å². The Labute approximate surface area is 243 Å². The number of Topliss-reactive ketones (excluding diaryl/α,β-unsaturated/α-hetero) is 1. The zero-order valence-electron chi connectivity index (χ0n) is 20.8. The first kappa shape index (κ1) is 26.1. The fourth-order valence-corrected chi connectivity index (χ4v) is 5.98. The molecule has 1 aromatic heterocycles. The van der Waals surface area contributed by atoms with Crippen LogP contribution in [0, 0.1) is 0 Å². The molecule has 1 aliphatic rings. The van der Waals surface area contributed by atoms with E-state index in [4.69, 9.17) is 27.9 Å². The Balaban J connectivity index is 1.43. The predicted octanol–water partition coefficient (Wildman–Crippen LogP) is 7.81. The minimum atomic E-state index is -0.921. The summed E-state index contributed by atoms with van der Waals surface area (Å²) in [5, 5.41) is 12.7. The lowest BCUT2D eigenvalue weighted by Crippen LogP contribution is -2.29. The molecule has 40 heavy (non-hydrogen) atoms. The van der Waals surface area contributed by atoms with E-state index in [2.05, 4.69) is 4.98 Å². The molecule has 1 N–H and O–H groups in total. The van der Waals surface area contributed by atoms with Gasteiger partial charge in [0.1, 0.15) is 18.1 Å². The fraction of sp³-hybridized carbons (Fsp3) is 0.0645. The van der Waals surface area contributed by atoms with E-state index in [-0.39, 0.29) is 11.3 Å². The monoisotopic (exact) mass is 586 g/mol. The van der Waals surface area contributed by atoms with Crippen LogP contribution in [0.1, 0.15) is 22.7 Å². The molecule has 1 aliphatic heterocycles. The summed E-state index contributed by atoms with van der Waals surface area (Å²) in [5.41, 5.74) is 2.61. The van der Waals surface area contributed by atoms with Crippen molar-refractivity contribution >= 4 is 67.3 Å². The predicted molar refractivity (Wildman–Crippen MR) is 158 cm³/mol. The minimum absolute atomic E-state index is 0.0393. The highest BCUT2D eigenvalue weighted by Gasteiger charge is 2.48. The second kappa shape index (κ2) is 10.8. The SMILES string of the molecule is O=C1C(=O)N(c2nc3ccc(Cl)cc3s2)C(c2ccc(OCc3ccccc3)cc2)C1=C(O)c1ccc(Cl)cc1. The van der Waals surface area contributed by atoms with Gasteiger partial charge in [0.05, 0.1) is 21.8 Å². The molecule has 4 aromatic carbocycles. The number of carbonyl (C=O) groups is 2. The van der Waals surface area contributed by atoms with E-state index < -0.39 is 17.7 Å². The molecule has 1 atom stereocenters. The number of ketones is 1. The zero-order valence-corrected chi connectivity index (χ0v) is 23.1. The summed E-state index contributed by atoms with van der Waals surface area (Å²) >= 11 is 13.4. The molecule has 6 nitrogen and oxygen atoms in total. The zero-order chi connectivity index (χ0) is 27.8. The number of ether oxygens (including phenoxy) is 1. The van der Waals surface area contributed by atoms with Gasteiger partial charge in [0.2, 0.25) is 0 Å². The van der Waals surface area contributed by atoms with Gasteiger partial charge in [-0.3, -0.25) is 14.5 Å². The number of anilines is 1. The van der Waals surface area contributed by atoms with Crippen LogP contribution in [0.5, 0.6) is 5.75 Å². The molecule has 1 saturated heterocycles. The average molecular weight is 587 g/mol. The largest absolute Gasteiger partial charge is 0.507 e. The number of hydrogen-bond acceptors (Lipinski definition) is 6. The van der Waals surface area contributed by atoms with E-state index in [1.807, 2.05) is 30.3 Å². The Morgan fingerprint density at radius 1 is 0.900 bits per heavy atom. The number of carbonyl (C=O) groups excluding carboxylic acids is 2. The lowest BCUT2D eigenvalue weighted by molar-refractivity contribution is -0.132. The van der Waals surface area contributed by atoms with Gasteiger partial charge >= 0.3 is 5.91 Å². The number of hydrogen-bond donors (Lipinski definition) is 1.